The molecule has 62 heavy (non-hydrogen) atoms. The van der Waals surface area contributed by atoms with Crippen LogP contribution in [0.1, 0.15) is 0 Å². The Bertz CT molecular complexity index is 3830. The van der Waals surface area contributed by atoms with Crippen LogP contribution >= 0.6 is 0 Å². The SMILES string of the molecule is c1cc(-c2ccc(N(c3ccccc3-c3ccc4c(c3)oc3ccccc34)c3cccc4oc5c6ccccc6ccc5c34)cc2)cc(-n2c3ccccc3c3ccccc32)c1. The fraction of sp³-hybridized carbons (Fsp3) is 0. The molecule has 0 saturated carbocycles. The molecule has 3 aromatic heterocycles. The average molecular weight is 793 g/mol. The van der Waals surface area contributed by atoms with Gasteiger partial charge in [-0.3, -0.25) is 0 Å². The van der Waals surface area contributed by atoms with Crippen molar-refractivity contribution >= 4 is 93.5 Å². The van der Waals surface area contributed by atoms with E-state index in [0.717, 1.165) is 99.7 Å². The van der Waals surface area contributed by atoms with Gasteiger partial charge < -0.3 is 18.3 Å². The maximum Gasteiger partial charge on any atom is 0.143 e. The van der Waals surface area contributed by atoms with Gasteiger partial charge in [-0.25, -0.2) is 0 Å². The molecule has 0 bridgehead atoms. The molecule has 0 aliphatic carbocycles. The van der Waals surface area contributed by atoms with Gasteiger partial charge in [-0.15, -0.1) is 0 Å². The summed E-state index contributed by atoms with van der Waals surface area (Å²) in [4.78, 5) is 2.39. The van der Waals surface area contributed by atoms with Crippen molar-refractivity contribution in [3.8, 4) is 27.9 Å². The van der Waals surface area contributed by atoms with Crippen LogP contribution < -0.4 is 4.90 Å². The first kappa shape index (κ1) is 34.5. The van der Waals surface area contributed by atoms with Crippen LogP contribution in [0.25, 0.3) is 104 Å². The summed E-state index contributed by atoms with van der Waals surface area (Å²) in [5, 5.41) is 9.15. The van der Waals surface area contributed by atoms with E-state index in [1.807, 2.05) is 12.1 Å². The van der Waals surface area contributed by atoms with Gasteiger partial charge in [0, 0.05) is 49.3 Å². The van der Waals surface area contributed by atoms with Gasteiger partial charge in [0.15, 0.2) is 0 Å². The van der Waals surface area contributed by atoms with Crippen LogP contribution in [-0.4, -0.2) is 4.57 Å². The predicted octanol–water partition coefficient (Wildman–Crippen LogP) is 16.5. The molecule has 4 nitrogen and oxygen atoms in total. The number of benzene rings is 10. The fourth-order valence-electron chi connectivity index (χ4n) is 9.76. The second-order valence-corrected chi connectivity index (χ2v) is 16.0. The number of hydrogen-bond acceptors (Lipinski definition) is 3. The zero-order valence-corrected chi connectivity index (χ0v) is 33.5. The third-order valence-electron chi connectivity index (χ3n) is 12.6. The first-order valence-corrected chi connectivity index (χ1v) is 21.1. The van der Waals surface area contributed by atoms with E-state index >= 15 is 0 Å². The van der Waals surface area contributed by atoms with E-state index in [2.05, 4.69) is 216 Å². The van der Waals surface area contributed by atoms with E-state index in [-0.39, 0.29) is 0 Å². The van der Waals surface area contributed by atoms with Gasteiger partial charge in [-0.2, -0.15) is 0 Å². The van der Waals surface area contributed by atoms with Crippen LogP contribution in [0.15, 0.2) is 227 Å². The molecule has 0 saturated heterocycles. The Morgan fingerprint density at radius 2 is 0.984 bits per heavy atom. The zero-order valence-electron chi connectivity index (χ0n) is 33.5. The standard InChI is InChI=1S/C58H36N2O2/c1-2-17-44-38(13-1)29-34-49-57-53(24-12-26-55(57)62-58(44)49)59(50-21-7-3-16-43(50)40-30-33-48-47-20-6-10-25-54(47)61-56(48)36-40)41-31-27-37(28-32-41)39-14-11-15-42(35-39)60-51-22-8-4-18-45(51)46-19-5-9-23-52(46)60/h1-36H. The van der Waals surface area contributed by atoms with Crippen molar-refractivity contribution in [3.63, 3.8) is 0 Å². The molecule has 0 unspecified atom stereocenters. The lowest BCUT2D eigenvalue weighted by molar-refractivity contribution is 0.669. The molecule has 13 rings (SSSR count). The summed E-state index contributed by atoms with van der Waals surface area (Å²) in [6, 6.07) is 78.0. The number of fused-ring (bicyclic) bond motifs is 11. The molecule has 10 aromatic carbocycles. The van der Waals surface area contributed by atoms with Crippen molar-refractivity contribution in [1.29, 1.82) is 0 Å². The Kier molecular flexibility index (Phi) is 7.57. The van der Waals surface area contributed by atoms with Gasteiger partial charge in [-0.1, -0.05) is 140 Å². The second kappa shape index (κ2) is 13.6. The molecule has 0 N–H and O–H groups in total. The molecule has 0 radical (unpaired) electrons. The quantitative estimate of drug-likeness (QED) is 0.168. The lowest BCUT2D eigenvalue weighted by Crippen LogP contribution is -2.11. The number of anilines is 3. The average Bonchev–Trinajstić information content (AvgIpc) is 4.02. The highest BCUT2D eigenvalue weighted by Gasteiger charge is 2.23. The summed E-state index contributed by atoms with van der Waals surface area (Å²) in [7, 11) is 0. The minimum atomic E-state index is 0.846. The summed E-state index contributed by atoms with van der Waals surface area (Å²) in [6.07, 6.45) is 0. The number of para-hydroxylation sites is 4. The van der Waals surface area contributed by atoms with Crippen molar-refractivity contribution in [3.05, 3.63) is 218 Å². The second-order valence-electron chi connectivity index (χ2n) is 16.0. The maximum absolute atomic E-state index is 6.75. The fourth-order valence-corrected chi connectivity index (χ4v) is 9.76. The smallest absolute Gasteiger partial charge is 0.143 e. The Balaban J connectivity index is 0.990. The normalized spacial score (nSPS) is 11.9. The minimum absolute atomic E-state index is 0.846. The Hall–Kier alpha value is -8.34. The zero-order chi connectivity index (χ0) is 40.7. The van der Waals surface area contributed by atoms with Gasteiger partial charge >= 0.3 is 0 Å². The van der Waals surface area contributed by atoms with E-state index < -0.39 is 0 Å². The molecule has 0 amide bonds. The molecule has 0 aliphatic rings. The molecule has 3 heterocycles. The molecule has 0 atom stereocenters. The summed E-state index contributed by atoms with van der Waals surface area (Å²) in [6.45, 7) is 0. The summed E-state index contributed by atoms with van der Waals surface area (Å²) in [5.41, 5.74) is 14.6. The van der Waals surface area contributed by atoms with Crippen LogP contribution in [0.2, 0.25) is 0 Å². The minimum Gasteiger partial charge on any atom is -0.456 e. The summed E-state index contributed by atoms with van der Waals surface area (Å²) < 4.78 is 15.5. The molecule has 290 valence electrons. The van der Waals surface area contributed by atoms with Gasteiger partial charge in [0.1, 0.15) is 22.3 Å². The molecular weight excluding hydrogens is 757 g/mol. The van der Waals surface area contributed by atoms with Crippen LogP contribution in [-0.2, 0) is 0 Å². The summed E-state index contributed by atoms with van der Waals surface area (Å²) in [5.74, 6) is 0. The number of hydrogen-bond donors (Lipinski definition) is 0. The van der Waals surface area contributed by atoms with E-state index in [1.165, 1.54) is 21.8 Å². The number of aromatic nitrogens is 1. The van der Waals surface area contributed by atoms with Crippen molar-refractivity contribution in [2.24, 2.45) is 0 Å². The van der Waals surface area contributed by atoms with Crippen molar-refractivity contribution in [1.82, 2.24) is 4.57 Å². The van der Waals surface area contributed by atoms with Gasteiger partial charge in [0.25, 0.3) is 0 Å². The Morgan fingerprint density at radius 3 is 1.82 bits per heavy atom. The molecule has 0 fully saturated rings. The van der Waals surface area contributed by atoms with Gasteiger partial charge in [-0.05, 0) is 101 Å². The monoisotopic (exact) mass is 792 g/mol. The predicted molar refractivity (Wildman–Crippen MR) is 258 cm³/mol. The van der Waals surface area contributed by atoms with E-state index in [9.17, 15) is 0 Å². The van der Waals surface area contributed by atoms with E-state index in [0.29, 0.717) is 0 Å². The Morgan fingerprint density at radius 1 is 0.355 bits per heavy atom. The topological polar surface area (TPSA) is 34.5 Å². The van der Waals surface area contributed by atoms with Crippen molar-refractivity contribution < 1.29 is 8.83 Å². The number of nitrogens with zero attached hydrogens (tertiary/aromatic N) is 2. The first-order chi connectivity index (χ1) is 30.7. The third-order valence-corrected chi connectivity index (χ3v) is 12.6. The van der Waals surface area contributed by atoms with Gasteiger partial charge in [0.2, 0.25) is 0 Å². The molecule has 13 aromatic rings. The lowest BCUT2D eigenvalue weighted by atomic mass is 9.99. The number of furan rings is 2. The highest BCUT2D eigenvalue weighted by Crippen LogP contribution is 2.47. The highest BCUT2D eigenvalue weighted by atomic mass is 16.3. The summed E-state index contributed by atoms with van der Waals surface area (Å²) >= 11 is 0. The van der Waals surface area contributed by atoms with Crippen LogP contribution in [0, 0.1) is 0 Å². The third kappa shape index (κ3) is 5.27. The molecule has 4 heteroatoms. The molecule has 0 aliphatic heterocycles. The largest absolute Gasteiger partial charge is 0.456 e. The lowest BCUT2D eigenvalue weighted by Gasteiger charge is -2.28. The van der Waals surface area contributed by atoms with Crippen LogP contribution in [0.4, 0.5) is 17.1 Å². The number of rotatable bonds is 6. The first-order valence-electron chi connectivity index (χ1n) is 21.1. The highest BCUT2D eigenvalue weighted by molar-refractivity contribution is 6.20. The van der Waals surface area contributed by atoms with Gasteiger partial charge in [0.05, 0.1) is 27.8 Å². The van der Waals surface area contributed by atoms with E-state index in [4.69, 9.17) is 8.83 Å². The Labute approximate surface area is 356 Å². The maximum atomic E-state index is 6.75. The van der Waals surface area contributed by atoms with Crippen LogP contribution in [0.5, 0.6) is 0 Å². The molecular formula is C58H36N2O2. The molecule has 0 spiro atoms. The van der Waals surface area contributed by atoms with Crippen LogP contribution in [0.3, 0.4) is 0 Å². The van der Waals surface area contributed by atoms with Crippen molar-refractivity contribution in [2.45, 2.75) is 0 Å². The van der Waals surface area contributed by atoms with Crippen molar-refractivity contribution in [2.75, 3.05) is 4.90 Å². The van der Waals surface area contributed by atoms with E-state index in [1.54, 1.807) is 0 Å².